The van der Waals surface area contributed by atoms with Gasteiger partial charge in [-0.2, -0.15) is 0 Å². The van der Waals surface area contributed by atoms with E-state index < -0.39 is 6.10 Å². The molecule has 3 heteroatoms. The number of allylic oxidation sites excluding steroid dienone is 2. The first-order chi connectivity index (χ1) is 9.54. The SMILES string of the molecule is CO[C@H]1C=CCCCCC(=O)CCC(C)=CC(C)[C@@H]1O. The molecule has 114 valence electrons. The zero-order valence-corrected chi connectivity index (χ0v) is 13.0. The van der Waals surface area contributed by atoms with E-state index in [2.05, 4.69) is 12.2 Å². The number of methoxy groups -OCH3 is 1. The molecule has 1 rings (SSSR count). The van der Waals surface area contributed by atoms with Crippen molar-refractivity contribution >= 4 is 5.78 Å². The van der Waals surface area contributed by atoms with Crippen molar-refractivity contribution in [2.24, 2.45) is 5.92 Å². The third-order valence-electron chi connectivity index (χ3n) is 3.90. The number of carbonyl (C=O) groups excluding carboxylic acids is 1. The number of hydrogen-bond acceptors (Lipinski definition) is 3. The number of ketones is 1. The lowest BCUT2D eigenvalue weighted by Gasteiger charge is -2.23. The number of rotatable bonds is 1. The minimum Gasteiger partial charge on any atom is -0.389 e. The molecule has 0 spiro atoms. The van der Waals surface area contributed by atoms with Crippen LogP contribution in [0.3, 0.4) is 0 Å². The van der Waals surface area contributed by atoms with Gasteiger partial charge in [0.25, 0.3) is 0 Å². The average molecular weight is 280 g/mol. The molecule has 1 aliphatic rings. The quantitative estimate of drug-likeness (QED) is 0.749. The molecule has 0 aromatic rings. The third kappa shape index (κ3) is 6.02. The standard InChI is InChI=1S/C17H28O3/c1-13-10-11-15(18)8-6-4-5-7-9-16(20-3)17(19)14(2)12-13/h7,9,12,14,16-17,19H,4-6,8,10-11H2,1-3H3/t14?,16-,17-/m0/s1. The summed E-state index contributed by atoms with van der Waals surface area (Å²) in [6, 6.07) is 0. The summed E-state index contributed by atoms with van der Waals surface area (Å²) in [4.78, 5) is 11.7. The summed E-state index contributed by atoms with van der Waals surface area (Å²) in [5, 5.41) is 10.3. The molecule has 0 heterocycles. The number of hydrogen-bond donors (Lipinski definition) is 1. The van der Waals surface area contributed by atoms with E-state index in [4.69, 9.17) is 4.74 Å². The fraction of sp³-hybridized carbons (Fsp3) is 0.706. The Morgan fingerprint density at radius 1 is 1.25 bits per heavy atom. The van der Waals surface area contributed by atoms with Crippen LogP contribution in [-0.4, -0.2) is 30.2 Å². The molecule has 0 amide bonds. The molecule has 3 nitrogen and oxygen atoms in total. The van der Waals surface area contributed by atoms with E-state index in [-0.39, 0.29) is 12.0 Å². The van der Waals surface area contributed by atoms with Crippen molar-refractivity contribution in [3.63, 3.8) is 0 Å². The second-order valence-corrected chi connectivity index (χ2v) is 5.78. The molecule has 0 aliphatic heterocycles. The zero-order chi connectivity index (χ0) is 15.0. The summed E-state index contributed by atoms with van der Waals surface area (Å²) in [5.41, 5.74) is 1.17. The lowest BCUT2D eigenvalue weighted by atomic mass is 9.94. The van der Waals surface area contributed by atoms with E-state index in [1.165, 1.54) is 5.57 Å². The monoisotopic (exact) mass is 280 g/mol. The van der Waals surface area contributed by atoms with Gasteiger partial charge in [-0.1, -0.05) is 30.7 Å². The number of carbonyl (C=O) groups is 1. The summed E-state index contributed by atoms with van der Waals surface area (Å²) < 4.78 is 5.37. The van der Waals surface area contributed by atoms with Gasteiger partial charge in [-0.05, 0) is 32.6 Å². The van der Waals surface area contributed by atoms with Crippen LogP contribution in [0.15, 0.2) is 23.8 Å². The van der Waals surface area contributed by atoms with Crippen LogP contribution in [0, 0.1) is 5.92 Å². The largest absolute Gasteiger partial charge is 0.389 e. The molecule has 0 aromatic heterocycles. The average Bonchev–Trinajstić information content (AvgIpc) is 2.43. The maximum atomic E-state index is 11.7. The predicted molar refractivity (Wildman–Crippen MR) is 81.6 cm³/mol. The molecular weight excluding hydrogens is 252 g/mol. The van der Waals surface area contributed by atoms with Gasteiger partial charge in [0.1, 0.15) is 11.9 Å². The topological polar surface area (TPSA) is 46.5 Å². The van der Waals surface area contributed by atoms with E-state index in [9.17, 15) is 9.90 Å². The molecule has 20 heavy (non-hydrogen) atoms. The van der Waals surface area contributed by atoms with Gasteiger partial charge in [0.15, 0.2) is 0 Å². The highest BCUT2D eigenvalue weighted by Gasteiger charge is 2.21. The molecular formula is C17H28O3. The number of ether oxygens (including phenoxy) is 1. The lowest BCUT2D eigenvalue weighted by molar-refractivity contribution is -0.119. The Morgan fingerprint density at radius 2 is 2.00 bits per heavy atom. The Morgan fingerprint density at radius 3 is 2.70 bits per heavy atom. The van der Waals surface area contributed by atoms with Crippen LogP contribution in [0.25, 0.3) is 0 Å². The second kappa shape index (κ2) is 9.09. The fourth-order valence-corrected chi connectivity index (χ4v) is 2.54. The van der Waals surface area contributed by atoms with Crippen molar-refractivity contribution in [1.29, 1.82) is 0 Å². The van der Waals surface area contributed by atoms with E-state index in [1.807, 2.05) is 19.9 Å². The lowest BCUT2D eigenvalue weighted by Crippen LogP contribution is -2.31. The van der Waals surface area contributed by atoms with Gasteiger partial charge in [0.05, 0.1) is 6.10 Å². The van der Waals surface area contributed by atoms with Crippen LogP contribution < -0.4 is 0 Å². The highest BCUT2D eigenvalue weighted by atomic mass is 16.5. The summed E-state index contributed by atoms with van der Waals surface area (Å²) in [6.07, 6.45) is 10.2. The van der Waals surface area contributed by atoms with Crippen molar-refractivity contribution < 1.29 is 14.6 Å². The minimum absolute atomic E-state index is 0.0163. The summed E-state index contributed by atoms with van der Waals surface area (Å²) in [7, 11) is 1.63. The second-order valence-electron chi connectivity index (χ2n) is 5.78. The highest BCUT2D eigenvalue weighted by molar-refractivity contribution is 5.78. The van der Waals surface area contributed by atoms with Crippen molar-refractivity contribution in [3.05, 3.63) is 23.8 Å². The first-order valence-corrected chi connectivity index (χ1v) is 7.61. The number of aliphatic hydroxyl groups excluding tert-OH is 1. The van der Waals surface area contributed by atoms with Crippen LogP contribution in [-0.2, 0) is 9.53 Å². The molecule has 0 bridgehead atoms. The molecule has 0 saturated heterocycles. The van der Waals surface area contributed by atoms with Crippen LogP contribution >= 0.6 is 0 Å². The minimum atomic E-state index is -0.551. The Balaban J connectivity index is 2.78. The summed E-state index contributed by atoms with van der Waals surface area (Å²) in [5.74, 6) is 0.365. The Kier molecular flexibility index (Phi) is 7.78. The zero-order valence-electron chi connectivity index (χ0n) is 13.0. The molecule has 0 aromatic carbocycles. The van der Waals surface area contributed by atoms with E-state index in [0.717, 1.165) is 25.7 Å². The van der Waals surface area contributed by atoms with Gasteiger partial charge < -0.3 is 9.84 Å². The summed E-state index contributed by atoms with van der Waals surface area (Å²) >= 11 is 0. The van der Waals surface area contributed by atoms with Gasteiger partial charge >= 0.3 is 0 Å². The van der Waals surface area contributed by atoms with E-state index >= 15 is 0 Å². The number of aliphatic hydroxyl groups is 1. The van der Waals surface area contributed by atoms with Crippen molar-refractivity contribution in [3.8, 4) is 0 Å². The summed E-state index contributed by atoms with van der Waals surface area (Å²) in [6.45, 7) is 4.02. The van der Waals surface area contributed by atoms with Gasteiger partial charge in [-0.3, -0.25) is 4.79 Å². The van der Waals surface area contributed by atoms with Gasteiger partial charge in [-0.25, -0.2) is 0 Å². The maximum absolute atomic E-state index is 11.7. The maximum Gasteiger partial charge on any atom is 0.133 e. The molecule has 0 saturated carbocycles. The van der Waals surface area contributed by atoms with Gasteiger partial charge in [0.2, 0.25) is 0 Å². The van der Waals surface area contributed by atoms with Crippen LogP contribution in [0.2, 0.25) is 0 Å². The van der Waals surface area contributed by atoms with E-state index in [0.29, 0.717) is 18.6 Å². The molecule has 1 unspecified atom stereocenters. The Hall–Kier alpha value is -0.930. The van der Waals surface area contributed by atoms with Crippen molar-refractivity contribution in [2.75, 3.05) is 7.11 Å². The van der Waals surface area contributed by atoms with Gasteiger partial charge in [-0.15, -0.1) is 0 Å². The van der Waals surface area contributed by atoms with Crippen LogP contribution in [0.5, 0.6) is 0 Å². The first kappa shape index (κ1) is 17.1. The fourth-order valence-electron chi connectivity index (χ4n) is 2.54. The van der Waals surface area contributed by atoms with Crippen LogP contribution in [0.4, 0.5) is 0 Å². The van der Waals surface area contributed by atoms with Crippen molar-refractivity contribution in [1.82, 2.24) is 0 Å². The smallest absolute Gasteiger partial charge is 0.133 e. The first-order valence-electron chi connectivity index (χ1n) is 7.61. The molecule has 0 fully saturated rings. The third-order valence-corrected chi connectivity index (χ3v) is 3.90. The van der Waals surface area contributed by atoms with Crippen molar-refractivity contribution in [2.45, 2.75) is 64.6 Å². The van der Waals surface area contributed by atoms with E-state index in [1.54, 1.807) is 7.11 Å². The van der Waals surface area contributed by atoms with Crippen LogP contribution in [0.1, 0.15) is 52.4 Å². The van der Waals surface area contributed by atoms with Gasteiger partial charge in [0, 0.05) is 25.9 Å². The normalized spacial score (nSPS) is 30.7. The highest BCUT2D eigenvalue weighted by Crippen LogP contribution is 2.18. The molecule has 3 atom stereocenters. The molecule has 0 radical (unpaired) electrons. The number of Topliss-reactive ketones (excluding diaryl/α,β-unsaturated/α-hetero) is 1. The Bertz CT molecular complexity index is 357. The Labute approximate surface area is 122 Å². The predicted octanol–water partition coefficient (Wildman–Crippen LogP) is 3.42. The molecule has 1 aliphatic carbocycles. The molecule has 1 N–H and O–H groups in total.